The lowest BCUT2D eigenvalue weighted by Crippen LogP contribution is -2.24. The monoisotopic (exact) mass is 231 g/mol. The molecule has 4 nitrogen and oxygen atoms in total. The molecule has 1 aliphatic heterocycles. The van der Waals surface area contributed by atoms with Crippen molar-refractivity contribution < 1.29 is 13.9 Å². The average Bonchev–Trinajstić information content (AvgIpc) is 2.75. The first-order valence-electron chi connectivity index (χ1n) is 4.92. The first-order chi connectivity index (χ1) is 7.14. The zero-order valence-electron chi connectivity index (χ0n) is 8.53. The molecule has 84 valence electrons. The molecule has 0 amide bonds. The van der Waals surface area contributed by atoms with Crippen LogP contribution in [0.3, 0.4) is 0 Å². The minimum absolute atomic E-state index is 0.0314. The molecular formula is C10H14ClNO3. The van der Waals surface area contributed by atoms with E-state index in [0.717, 1.165) is 6.42 Å². The van der Waals surface area contributed by atoms with Gasteiger partial charge in [0.25, 0.3) is 0 Å². The van der Waals surface area contributed by atoms with Crippen LogP contribution < -0.4 is 5.73 Å². The Morgan fingerprint density at radius 3 is 3.00 bits per heavy atom. The number of rotatable bonds is 3. The third kappa shape index (κ3) is 2.18. The van der Waals surface area contributed by atoms with Gasteiger partial charge in [0.05, 0.1) is 12.7 Å². The van der Waals surface area contributed by atoms with E-state index in [-0.39, 0.29) is 6.10 Å². The predicted molar refractivity (Wildman–Crippen MR) is 55.6 cm³/mol. The first-order valence-corrected chi connectivity index (χ1v) is 5.29. The summed E-state index contributed by atoms with van der Waals surface area (Å²) in [5.41, 5.74) is 5.46. The topological polar surface area (TPSA) is 57.6 Å². The summed E-state index contributed by atoms with van der Waals surface area (Å²) in [6, 6.07) is 3.43. The van der Waals surface area contributed by atoms with E-state index in [1.807, 2.05) is 6.92 Å². The van der Waals surface area contributed by atoms with Crippen molar-refractivity contribution in [3.05, 3.63) is 23.1 Å². The normalized spacial score (nSPS) is 31.0. The fraction of sp³-hybridized carbons (Fsp3) is 0.600. The van der Waals surface area contributed by atoms with Gasteiger partial charge in [0, 0.05) is 0 Å². The molecule has 2 unspecified atom stereocenters. The highest BCUT2D eigenvalue weighted by Crippen LogP contribution is 2.36. The van der Waals surface area contributed by atoms with E-state index in [9.17, 15) is 0 Å². The van der Waals surface area contributed by atoms with Crippen molar-refractivity contribution in [1.29, 1.82) is 0 Å². The highest BCUT2D eigenvalue weighted by molar-refractivity contribution is 6.28. The molecule has 0 spiro atoms. The number of furan rings is 1. The lowest BCUT2D eigenvalue weighted by atomic mass is 10.2. The van der Waals surface area contributed by atoms with Crippen molar-refractivity contribution in [2.45, 2.75) is 25.2 Å². The van der Waals surface area contributed by atoms with E-state index in [4.69, 9.17) is 31.2 Å². The standard InChI is InChI=1S/C10H14ClNO3/c1-10(8-2-3-9(11)14-8)13-6-7(15-10)4-5-12/h2-3,7H,4-6,12H2,1H3. The van der Waals surface area contributed by atoms with Gasteiger partial charge in [-0.05, 0) is 43.6 Å². The number of hydrogen-bond donors (Lipinski definition) is 1. The zero-order chi connectivity index (χ0) is 10.9. The summed E-state index contributed by atoms with van der Waals surface area (Å²) in [4.78, 5) is 0. The molecule has 2 atom stereocenters. The van der Waals surface area contributed by atoms with Gasteiger partial charge in [0.15, 0.2) is 11.0 Å². The molecule has 2 rings (SSSR count). The summed E-state index contributed by atoms with van der Waals surface area (Å²) in [5.74, 6) is -0.237. The lowest BCUT2D eigenvalue weighted by Gasteiger charge is -2.20. The third-order valence-corrected chi connectivity index (χ3v) is 2.65. The number of nitrogens with two attached hydrogens (primary N) is 1. The second-order valence-electron chi connectivity index (χ2n) is 3.68. The van der Waals surface area contributed by atoms with Crippen LogP contribution >= 0.6 is 11.6 Å². The minimum Gasteiger partial charge on any atom is -0.444 e. The number of halogens is 1. The Bertz CT molecular complexity index is 341. The molecule has 0 saturated carbocycles. The Morgan fingerprint density at radius 2 is 2.40 bits per heavy atom. The lowest BCUT2D eigenvalue weighted by molar-refractivity contribution is -0.174. The predicted octanol–water partition coefficient (Wildman–Crippen LogP) is 1.87. The Balaban J connectivity index is 2.09. The fourth-order valence-electron chi connectivity index (χ4n) is 1.65. The Morgan fingerprint density at radius 1 is 1.60 bits per heavy atom. The Kier molecular flexibility index (Phi) is 3.02. The van der Waals surface area contributed by atoms with Crippen molar-refractivity contribution in [1.82, 2.24) is 0 Å². The van der Waals surface area contributed by atoms with Crippen LogP contribution in [-0.4, -0.2) is 19.3 Å². The highest BCUT2D eigenvalue weighted by Gasteiger charge is 2.41. The van der Waals surface area contributed by atoms with Crippen LogP contribution in [-0.2, 0) is 15.3 Å². The third-order valence-electron chi connectivity index (χ3n) is 2.45. The maximum atomic E-state index is 5.73. The molecule has 1 fully saturated rings. The summed E-state index contributed by atoms with van der Waals surface area (Å²) in [5, 5.41) is 0.334. The van der Waals surface area contributed by atoms with Gasteiger partial charge < -0.3 is 19.6 Å². The van der Waals surface area contributed by atoms with Gasteiger partial charge in [-0.3, -0.25) is 0 Å². The first kappa shape index (κ1) is 11.0. The van der Waals surface area contributed by atoms with E-state index in [1.54, 1.807) is 12.1 Å². The van der Waals surface area contributed by atoms with Crippen LogP contribution in [0.1, 0.15) is 19.1 Å². The maximum Gasteiger partial charge on any atom is 0.225 e. The van der Waals surface area contributed by atoms with Crippen molar-refractivity contribution in [3.8, 4) is 0 Å². The van der Waals surface area contributed by atoms with E-state index < -0.39 is 5.79 Å². The molecule has 1 saturated heterocycles. The summed E-state index contributed by atoms with van der Waals surface area (Å²) in [6.07, 6.45) is 0.813. The molecule has 0 aliphatic carbocycles. The largest absolute Gasteiger partial charge is 0.444 e. The van der Waals surface area contributed by atoms with E-state index in [1.165, 1.54) is 0 Å². The van der Waals surface area contributed by atoms with Gasteiger partial charge in [0.2, 0.25) is 5.79 Å². The van der Waals surface area contributed by atoms with Crippen LogP contribution in [0.2, 0.25) is 5.22 Å². The van der Waals surface area contributed by atoms with Crippen LogP contribution in [0.5, 0.6) is 0 Å². The van der Waals surface area contributed by atoms with Crippen LogP contribution in [0.4, 0.5) is 0 Å². The molecule has 2 N–H and O–H groups in total. The molecular weight excluding hydrogens is 218 g/mol. The van der Waals surface area contributed by atoms with Crippen LogP contribution in [0.25, 0.3) is 0 Å². The van der Waals surface area contributed by atoms with Crippen molar-refractivity contribution in [2.75, 3.05) is 13.2 Å². The molecule has 0 radical (unpaired) electrons. The second-order valence-corrected chi connectivity index (χ2v) is 4.05. The van der Waals surface area contributed by atoms with Crippen molar-refractivity contribution >= 4 is 11.6 Å². The van der Waals surface area contributed by atoms with Gasteiger partial charge in [-0.1, -0.05) is 0 Å². The molecule has 2 heterocycles. The van der Waals surface area contributed by atoms with E-state index >= 15 is 0 Å². The van der Waals surface area contributed by atoms with E-state index in [0.29, 0.717) is 24.1 Å². The molecule has 1 aliphatic rings. The van der Waals surface area contributed by atoms with Gasteiger partial charge in [-0.2, -0.15) is 0 Å². The van der Waals surface area contributed by atoms with Crippen LogP contribution in [0.15, 0.2) is 16.5 Å². The molecule has 1 aromatic rings. The highest BCUT2D eigenvalue weighted by atomic mass is 35.5. The summed E-state index contributed by atoms with van der Waals surface area (Å²) in [6.45, 7) is 2.94. The molecule has 0 aromatic carbocycles. The molecule has 15 heavy (non-hydrogen) atoms. The maximum absolute atomic E-state index is 5.73. The Hall–Kier alpha value is -0.550. The average molecular weight is 232 g/mol. The number of ether oxygens (including phenoxy) is 2. The van der Waals surface area contributed by atoms with Gasteiger partial charge in [0.1, 0.15) is 0 Å². The molecule has 5 heteroatoms. The van der Waals surface area contributed by atoms with Crippen molar-refractivity contribution in [2.24, 2.45) is 5.73 Å². The summed E-state index contributed by atoms with van der Waals surface area (Å²) < 4.78 is 16.6. The summed E-state index contributed by atoms with van der Waals surface area (Å²) >= 11 is 5.70. The zero-order valence-corrected chi connectivity index (χ0v) is 9.29. The SMILES string of the molecule is CC1(c2ccc(Cl)o2)OCC(CCN)O1. The second kappa shape index (κ2) is 4.14. The van der Waals surface area contributed by atoms with Crippen molar-refractivity contribution in [3.63, 3.8) is 0 Å². The van der Waals surface area contributed by atoms with Gasteiger partial charge in [-0.25, -0.2) is 0 Å². The fourth-order valence-corrected chi connectivity index (χ4v) is 1.80. The van der Waals surface area contributed by atoms with Gasteiger partial charge in [-0.15, -0.1) is 0 Å². The molecule has 1 aromatic heterocycles. The van der Waals surface area contributed by atoms with Crippen LogP contribution in [0, 0.1) is 0 Å². The number of hydrogen-bond acceptors (Lipinski definition) is 4. The van der Waals surface area contributed by atoms with E-state index in [2.05, 4.69) is 0 Å². The van der Waals surface area contributed by atoms with Gasteiger partial charge >= 0.3 is 0 Å². The smallest absolute Gasteiger partial charge is 0.225 e. The quantitative estimate of drug-likeness (QED) is 0.863. The molecule has 0 bridgehead atoms. The summed E-state index contributed by atoms with van der Waals surface area (Å²) in [7, 11) is 0. The minimum atomic E-state index is -0.826. The Labute approximate surface area is 93.3 Å².